The van der Waals surface area contributed by atoms with E-state index in [1.807, 2.05) is 67.6 Å². The van der Waals surface area contributed by atoms with Gasteiger partial charge in [0.25, 0.3) is 0 Å². The fourth-order valence-corrected chi connectivity index (χ4v) is 5.78. The molecule has 4 nitrogen and oxygen atoms in total. The van der Waals surface area contributed by atoms with Crippen LogP contribution >= 0.6 is 24.0 Å². The lowest BCUT2D eigenvalue weighted by Gasteiger charge is -2.36. The average molecular weight is 647 g/mol. The van der Waals surface area contributed by atoms with Gasteiger partial charge in [-0.3, -0.25) is 4.79 Å². The lowest BCUT2D eigenvalue weighted by atomic mass is 9.70. The molecule has 0 aliphatic carbocycles. The summed E-state index contributed by atoms with van der Waals surface area (Å²) in [5.41, 5.74) is 1.48. The topological polar surface area (TPSA) is 58.6 Å². The summed E-state index contributed by atoms with van der Waals surface area (Å²) in [7, 11) is 0. The summed E-state index contributed by atoms with van der Waals surface area (Å²) < 4.78 is 47.1. The Kier molecular flexibility index (Phi) is 12.7. The molecular formula is C35H36Cl2F3NO3. The smallest absolute Gasteiger partial charge is 0.417 e. The number of carboxylic acids is 1. The van der Waals surface area contributed by atoms with Crippen molar-refractivity contribution < 1.29 is 27.8 Å². The van der Waals surface area contributed by atoms with Gasteiger partial charge in [-0.15, -0.1) is 12.4 Å². The Labute approximate surface area is 267 Å². The number of benzene rings is 4. The Balaban J connectivity index is 0.00000529. The van der Waals surface area contributed by atoms with Gasteiger partial charge in [-0.2, -0.15) is 13.2 Å². The molecule has 0 aliphatic heterocycles. The summed E-state index contributed by atoms with van der Waals surface area (Å²) in [5, 5.41) is 12.7. The molecule has 4 rings (SSSR count). The van der Waals surface area contributed by atoms with Crippen LogP contribution < -0.4 is 10.1 Å². The van der Waals surface area contributed by atoms with Crippen LogP contribution in [0.5, 0.6) is 5.75 Å². The number of carboxylic acid groups (broad SMARTS) is 1. The molecule has 1 unspecified atom stereocenters. The zero-order valence-electron chi connectivity index (χ0n) is 24.3. The quantitative estimate of drug-likeness (QED) is 0.134. The van der Waals surface area contributed by atoms with Gasteiger partial charge in [-0.1, -0.05) is 103 Å². The molecule has 0 spiro atoms. The number of halogens is 5. The van der Waals surface area contributed by atoms with Gasteiger partial charge in [0.15, 0.2) is 0 Å². The first-order valence-corrected chi connectivity index (χ1v) is 14.7. The third-order valence-corrected chi connectivity index (χ3v) is 8.14. The van der Waals surface area contributed by atoms with Crippen LogP contribution in [0.1, 0.15) is 53.5 Å². The molecular weight excluding hydrogens is 610 g/mol. The third-order valence-electron chi connectivity index (χ3n) is 7.69. The maximum atomic E-state index is 13.7. The maximum absolute atomic E-state index is 13.7. The number of hydrogen-bond acceptors (Lipinski definition) is 3. The van der Waals surface area contributed by atoms with Crippen molar-refractivity contribution in [2.75, 3.05) is 19.7 Å². The van der Waals surface area contributed by atoms with Crippen molar-refractivity contribution in [3.8, 4) is 5.75 Å². The van der Waals surface area contributed by atoms with E-state index < -0.39 is 29.0 Å². The van der Waals surface area contributed by atoms with Gasteiger partial charge in [-0.25, -0.2) is 0 Å². The highest BCUT2D eigenvalue weighted by Gasteiger charge is 2.38. The van der Waals surface area contributed by atoms with Crippen molar-refractivity contribution in [3.05, 3.63) is 136 Å². The van der Waals surface area contributed by atoms with E-state index in [-0.39, 0.29) is 23.9 Å². The number of hydrogen-bond donors (Lipinski definition) is 2. The molecule has 0 bridgehead atoms. The average Bonchev–Trinajstić information content (AvgIpc) is 3.00. The SMILES string of the molecule is CCC(C(=O)O)c1cccc(OCCCNCC(Cc2cccc(C(F)(F)F)c2Cl)(c2ccccc2)c2ccccc2)c1.Cl. The van der Waals surface area contributed by atoms with E-state index in [9.17, 15) is 23.1 Å². The Bertz CT molecular complexity index is 1440. The van der Waals surface area contributed by atoms with E-state index in [4.69, 9.17) is 16.3 Å². The second-order valence-electron chi connectivity index (χ2n) is 10.5. The largest absolute Gasteiger partial charge is 0.494 e. The summed E-state index contributed by atoms with van der Waals surface area (Å²) in [6, 6.07) is 30.7. The minimum atomic E-state index is -4.56. The molecule has 0 saturated carbocycles. The lowest BCUT2D eigenvalue weighted by Crippen LogP contribution is -2.42. The van der Waals surface area contributed by atoms with Crippen LogP contribution in [-0.2, 0) is 22.8 Å². The highest BCUT2D eigenvalue weighted by atomic mass is 35.5. The standard InChI is InChI=1S/C35H35ClF3NO3.ClH/c1-2-30(33(41)42)25-12-9-18-29(22-25)43-21-11-20-40-24-34(27-14-5-3-6-15-27,28-16-7-4-8-17-28)23-26-13-10-19-31(32(26)36)35(37,38)39;/h3-10,12-19,22,30,40H,2,11,20-21,23-24H2,1H3,(H,41,42);1H. The summed E-state index contributed by atoms with van der Waals surface area (Å²) in [5.74, 6) is -0.838. The minimum absolute atomic E-state index is 0. The number of alkyl halides is 3. The molecule has 0 aliphatic rings. The van der Waals surface area contributed by atoms with E-state index in [0.29, 0.717) is 49.4 Å². The molecule has 4 aromatic carbocycles. The lowest BCUT2D eigenvalue weighted by molar-refractivity contribution is -0.139. The maximum Gasteiger partial charge on any atom is 0.417 e. The number of carbonyl (C=O) groups is 1. The molecule has 0 radical (unpaired) electrons. The molecule has 4 aromatic rings. The molecule has 0 amide bonds. The summed E-state index contributed by atoms with van der Waals surface area (Å²) in [4.78, 5) is 11.5. The summed E-state index contributed by atoms with van der Waals surface area (Å²) in [6.07, 6.45) is -3.16. The number of ether oxygens (including phenoxy) is 1. The van der Waals surface area contributed by atoms with Gasteiger partial charge < -0.3 is 15.2 Å². The van der Waals surface area contributed by atoms with Gasteiger partial charge in [-0.05, 0) is 66.3 Å². The van der Waals surface area contributed by atoms with Gasteiger partial charge in [0, 0.05) is 12.0 Å². The molecule has 0 fully saturated rings. The predicted octanol–water partition coefficient (Wildman–Crippen LogP) is 8.95. The van der Waals surface area contributed by atoms with E-state index >= 15 is 0 Å². The van der Waals surface area contributed by atoms with Gasteiger partial charge in [0.05, 0.1) is 23.1 Å². The highest BCUT2D eigenvalue weighted by molar-refractivity contribution is 6.32. The molecule has 2 N–H and O–H groups in total. The molecule has 44 heavy (non-hydrogen) atoms. The Morgan fingerprint density at radius 2 is 1.52 bits per heavy atom. The van der Waals surface area contributed by atoms with Crippen LogP contribution in [0, 0.1) is 0 Å². The van der Waals surface area contributed by atoms with Crippen molar-refractivity contribution in [3.63, 3.8) is 0 Å². The van der Waals surface area contributed by atoms with Crippen LogP contribution in [0.3, 0.4) is 0 Å². The number of rotatable bonds is 14. The zero-order chi connectivity index (χ0) is 30.9. The van der Waals surface area contributed by atoms with Crippen molar-refractivity contribution >= 4 is 30.0 Å². The van der Waals surface area contributed by atoms with Gasteiger partial charge in [0.2, 0.25) is 0 Å². The Hall–Kier alpha value is -3.52. The van der Waals surface area contributed by atoms with Gasteiger partial charge in [0.1, 0.15) is 5.75 Å². The number of aliphatic carboxylic acids is 1. The second kappa shape index (κ2) is 16.0. The summed E-state index contributed by atoms with van der Waals surface area (Å²) in [6.45, 7) is 3.28. The predicted molar refractivity (Wildman–Crippen MR) is 171 cm³/mol. The normalized spacial score (nSPS) is 12.3. The van der Waals surface area contributed by atoms with Crippen molar-refractivity contribution in [1.82, 2.24) is 5.32 Å². The first kappa shape index (κ1) is 35.0. The molecule has 234 valence electrons. The van der Waals surface area contributed by atoms with E-state index in [0.717, 1.165) is 17.2 Å². The molecule has 0 heterocycles. The zero-order valence-corrected chi connectivity index (χ0v) is 25.9. The van der Waals surface area contributed by atoms with E-state index in [2.05, 4.69) is 5.32 Å². The van der Waals surface area contributed by atoms with E-state index in [1.54, 1.807) is 30.3 Å². The van der Waals surface area contributed by atoms with E-state index in [1.165, 1.54) is 6.07 Å². The van der Waals surface area contributed by atoms with Crippen LogP contribution in [0.4, 0.5) is 13.2 Å². The first-order chi connectivity index (χ1) is 20.7. The van der Waals surface area contributed by atoms with Crippen LogP contribution in [-0.4, -0.2) is 30.8 Å². The fraction of sp³-hybridized carbons (Fsp3) is 0.286. The van der Waals surface area contributed by atoms with Crippen molar-refractivity contribution in [1.29, 1.82) is 0 Å². The second-order valence-corrected chi connectivity index (χ2v) is 10.9. The molecule has 9 heteroatoms. The Morgan fingerprint density at radius 3 is 2.09 bits per heavy atom. The highest BCUT2D eigenvalue weighted by Crippen LogP contribution is 2.41. The van der Waals surface area contributed by atoms with Gasteiger partial charge >= 0.3 is 12.1 Å². The molecule has 1 atom stereocenters. The van der Waals surface area contributed by atoms with Crippen LogP contribution in [0.15, 0.2) is 103 Å². The monoisotopic (exact) mass is 645 g/mol. The minimum Gasteiger partial charge on any atom is -0.494 e. The molecule has 0 saturated heterocycles. The summed E-state index contributed by atoms with van der Waals surface area (Å²) >= 11 is 6.40. The number of nitrogens with one attached hydrogen (secondary N) is 1. The molecule has 0 aromatic heterocycles. The first-order valence-electron chi connectivity index (χ1n) is 14.3. The third kappa shape index (κ3) is 8.56. The Morgan fingerprint density at radius 1 is 0.909 bits per heavy atom. The van der Waals surface area contributed by atoms with Crippen LogP contribution in [0.25, 0.3) is 0 Å². The van der Waals surface area contributed by atoms with Crippen molar-refractivity contribution in [2.24, 2.45) is 0 Å². The fourth-order valence-electron chi connectivity index (χ4n) is 5.48. The van der Waals surface area contributed by atoms with Crippen LogP contribution in [0.2, 0.25) is 5.02 Å². The van der Waals surface area contributed by atoms with Crippen molar-refractivity contribution in [2.45, 2.75) is 43.7 Å².